The second-order valence-electron chi connectivity index (χ2n) is 4.61. The van der Waals surface area contributed by atoms with E-state index in [1.165, 1.54) is 0 Å². The molecule has 1 aliphatic heterocycles. The molecular formula is C13H13ClN4S. The first-order chi connectivity index (χ1) is 9.19. The summed E-state index contributed by atoms with van der Waals surface area (Å²) < 4.78 is 3.80. The SMILES string of the molecule is CC(C)c1nc2c(s1)Nc1ccccc1NC2=NCl. The third-order valence-corrected chi connectivity index (χ3v) is 4.32. The highest BCUT2D eigenvalue weighted by Gasteiger charge is 2.22. The van der Waals surface area contributed by atoms with E-state index in [1.54, 1.807) is 11.3 Å². The third-order valence-electron chi connectivity index (χ3n) is 2.87. The molecule has 0 atom stereocenters. The van der Waals surface area contributed by atoms with Crippen molar-refractivity contribution in [1.29, 1.82) is 0 Å². The van der Waals surface area contributed by atoms with Crippen LogP contribution in [0.5, 0.6) is 0 Å². The summed E-state index contributed by atoms with van der Waals surface area (Å²) in [7, 11) is 0. The Hall–Kier alpha value is -1.59. The number of nitrogens with one attached hydrogen (secondary N) is 2. The predicted octanol–water partition coefficient (Wildman–Crippen LogP) is 4.34. The monoisotopic (exact) mass is 292 g/mol. The molecule has 6 heteroatoms. The second-order valence-corrected chi connectivity index (χ2v) is 5.81. The highest BCUT2D eigenvalue weighted by atomic mass is 35.5. The van der Waals surface area contributed by atoms with Gasteiger partial charge in [0.2, 0.25) is 0 Å². The molecule has 2 N–H and O–H groups in total. The van der Waals surface area contributed by atoms with Crippen molar-refractivity contribution in [3.63, 3.8) is 0 Å². The molecule has 0 unspecified atom stereocenters. The Labute approximate surface area is 120 Å². The van der Waals surface area contributed by atoms with Gasteiger partial charge in [0.1, 0.15) is 10.7 Å². The van der Waals surface area contributed by atoms with Crippen LogP contribution in [0.2, 0.25) is 0 Å². The fourth-order valence-corrected chi connectivity index (χ4v) is 3.00. The third kappa shape index (κ3) is 2.19. The highest BCUT2D eigenvalue weighted by molar-refractivity contribution is 7.16. The molecule has 3 rings (SSSR count). The van der Waals surface area contributed by atoms with Crippen LogP contribution in [-0.4, -0.2) is 10.8 Å². The van der Waals surface area contributed by atoms with Crippen molar-refractivity contribution < 1.29 is 0 Å². The summed E-state index contributed by atoms with van der Waals surface area (Å²) in [6.07, 6.45) is 0. The summed E-state index contributed by atoms with van der Waals surface area (Å²) in [6, 6.07) is 7.94. The average Bonchev–Trinajstić information content (AvgIpc) is 2.76. The number of thiazole rings is 1. The second kappa shape index (κ2) is 4.83. The lowest BCUT2D eigenvalue weighted by atomic mass is 10.2. The van der Waals surface area contributed by atoms with Gasteiger partial charge in [0, 0.05) is 17.7 Å². The number of anilines is 3. The summed E-state index contributed by atoms with van der Waals surface area (Å²) in [5, 5.41) is 8.65. The van der Waals surface area contributed by atoms with Gasteiger partial charge >= 0.3 is 0 Å². The molecular weight excluding hydrogens is 280 g/mol. The van der Waals surface area contributed by atoms with E-state index >= 15 is 0 Å². The number of amidine groups is 1. The molecule has 1 aromatic heterocycles. The van der Waals surface area contributed by atoms with E-state index in [1.807, 2.05) is 24.3 Å². The number of benzene rings is 1. The maximum Gasteiger partial charge on any atom is 0.174 e. The number of halogens is 1. The standard InChI is InChI=1S/C13H13ClN4S/c1-7(2)12-17-10-11(18-14)15-8-5-3-4-6-9(8)16-13(10)19-12/h3-7,16H,1-2H3,(H,15,18). The number of para-hydroxylation sites is 2. The average molecular weight is 293 g/mol. The molecule has 0 saturated heterocycles. The number of aromatic nitrogens is 1. The molecule has 0 aliphatic carbocycles. The predicted molar refractivity (Wildman–Crippen MR) is 81.9 cm³/mol. The molecule has 1 aliphatic rings. The van der Waals surface area contributed by atoms with Crippen LogP contribution in [0.3, 0.4) is 0 Å². The van der Waals surface area contributed by atoms with Crippen LogP contribution in [-0.2, 0) is 0 Å². The Bertz CT molecular complexity index is 648. The van der Waals surface area contributed by atoms with Crippen molar-refractivity contribution in [3.8, 4) is 0 Å². The zero-order valence-corrected chi connectivity index (χ0v) is 12.1. The van der Waals surface area contributed by atoms with E-state index < -0.39 is 0 Å². The fraction of sp³-hybridized carbons (Fsp3) is 0.231. The van der Waals surface area contributed by atoms with Gasteiger partial charge in [-0.3, -0.25) is 0 Å². The van der Waals surface area contributed by atoms with Gasteiger partial charge in [-0.05, 0) is 12.1 Å². The molecule has 0 amide bonds. The minimum absolute atomic E-state index is 0.380. The molecule has 0 fully saturated rings. The summed E-state index contributed by atoms with van der Waals surface area (Å²) in [5.74, 6) is 0.961. The number of fused-ring (bicyclic) bond motifs is 2. The number of hydrogen-bond acceptors (Lipinski definition) is 4. The van der Waals surface area contributed by atoms with Crippen molar-refractivity contribution >= 4 is 45.3 Å². The molecule has 0 bridgehead atoms. The molecule has 2 heterocycles. The zero-order valence-electron chi connectivity index (χ0n) is 10.6. The Balaban J connectivity index is 2.14. The molecule has 0 spiro atoms. The highest BCUT2D eigenvalue weighted by Crippen LogP contribution is 2.37. The quantitative estimate of drug-likeness (QED) is 0.822. The van der Waals surface area contributed by atoms with Crippen molar-refractivity contribution in [1.82, 2.24) is 4.98 Å². The van der Waals surface area contributed by atoms with E-state index in [4.69, 9.17) is 11.8 Å². The first kappa shape index (κ1) is 12.4. The largest absolute Gasteiger partial charge is 0.344 e. The first-order valence-electron chi connectivity index (χ1n) is 6.02. The van der Waals surface area contributed by atoms with Gasteiger partial charge in [-0.25, -0.2) is 4.98 Å². The van der Waals surface area contributed by atoms with E-state index in [2.05, 4.69) is 34.0 Å². The summed E-state index contributed by atoms with van der Waals surface area (Å²) >= 11 is 7.34. The van der Waals surface area contributed by atoms with Gasteiger partial charge in [-0.1, -0.05) is 26.0 Å². The molecule has 4 nitrogen and oxygen atoms in total. The number of nitrogens with zero attached hydrogens (tertiary/aromatic N) is 2. The first-order valence-corrected chi connectivity index (χ1v) is 7.17. The molecule has 1 aromatic carbocycles. The van der Waals surface area contributed by atoms with Crippen molar-refractivity contribution in [2.75, 3.05) is 10.6 Å². The van der Waals surface area contributed by atoms with Crippen molar-refractivity contribution in [3.05, 3.63) is 35.0 Å². The lowest BCUT2D eigenvalue weighted by Gasteiger charge is -2.07. The maximum atomic E-state index is 5.70. The maximum absolute atomic E-state index is 5.70. The van der Waals surface area contributed by atoms with Crippen LogP contribution in [0.15, 0.2) is 28.8 Å². The van der Waals surface area contributed by atoms with Gasteiger partial charge in [0.15, 0.2) is 5.84 Å². The minimum Gasteiger partial charge on any atom is -0.344 e. The fourth-order valence-electron chi connectivity index (χ4n) is 1.90. The van der Waals surface area contributed by atoms with Gasteiger partial charge in [-0.15, -0.1) is 11.3 Å². The van der Waals surface area contributed by atoms with Gasteiger partial charge in [-0.2, -0.15) is 4.51 Å². The molecule has 0 radical (unpaired) electrons. The van der Waals surface area contributed by atoms with E-state index in [0.29, 0.717) is 11.8 Å². The lowest BCUT2D eigenvalue weighted by Crippen LogP contribution is -2.12. The topological polar surface area (TPSA) is 49.3 Å². The molecule has 98 valence electrons. The smallest absolute Gasteiger partial charge is 0.174 e. The van der Waals surface area contributed by atoms with Crippen LogP contribution < -0.4 is 10.6 Å². The van der Waals surface area contributed by atoms with Gasteiger partial charge in [0.25, 0.3) is 0 Å². The number of hydrogen-bond donors (Lipinski definition) is 2. The zero-order chi connectivity index (χ0) is 13.4. The normalized spacial score (nSPS) is 15.5. The van der Waals surface area contributed by atoms with Gasteiger partial charge in [0.05, 0.1) is 16.4 Å². The van der Waals surface area contributed by atoms with Crippen LogP contribution in [0, 0.1) is 0 Å². The van der Waals surface area contributed by atoms with Crippen LogP contribution in [0.1, 0.15) is 30.5 Å². The lowest BCUT2D eigenvalue weighted by molar-refractivity contribution is 0.851. The van der Waals surface area contributed by atoms with E-state index in [0.717, 1.165) is 27.1 Å². The summed E-state index contributed by atoms with van der Waals surface area (Å²) in [4.78, 5) is 4.62. The minimum atomic E-state index is 0.380. The van der Waals surface area contributed by atoms with E-state index in [9.17, 15) is 0 Å². The van der Waals surface area contributed by atoms with Crippen LogP contribution in [0.25, 0.3) is 0 Å². The van der Waals surface area contributed by atoms with Crippen LogP contribution in [0.4, 0.5) is 16.4 Å². The Morgan fingerprint density at radius 3 is 2.53 bits per heavy atom. The van der Waals surface area contributed by atoms with E-state index in [-0.39, 0.29) is 0 Å². The molecule has 0 saturated carbocycles. The Kier molecular flexibility index (Phi) is 3.16. The van der Waals surface area contributed by atoms with Gasteiger partial charge < -0.3 is 10.6 Å². The molecule has 19 heavy (non-hydrogen) atoms. The Morgan fingerprint density at radius 1 is 1.21 bits per heavy atom. The Morgan fingerprint density at radius 2 is 1.89 bits per heavy atom. The van der Waals surface area contributed by atoms with Crippen LogP contribution >= 0.6 is 23.1 Å². The number of rotatable bonds is 1. The summed E-state index contributed by atoms with van der Waals surface area (Å²) in [6.45, 7) is 4.24. The van der Waals surface area contributed by atoms with Crippen molar-refractivity contribution in [2.24, 2.45) is 4.51 Å². The molecule has 2 aromatic rings. The summed E-state index contributed by atoms with van der Waals surface area (Å²) in [5.41, 5.74) is 2.72. The van der Waals surface area contributed by atoms with Crippen molar-refractivity contribution in [2.45, 2.75) is 19.8 Å².